The Balaban J connectivity index is 1.13. The number of aromatic nitrogens is 2. The smallest absolute Gasteiger partial charge is 0.390 e. The van der Waals surface area contributed by atoms with Crippen molar-refractivity contribution in [1.29, 1.82) is 0 Å². The van der Waals surface area contributed by atoms with Gasteiger partial charge in [0.1, 0.15) is 12.4 Å². The molecule has 2 heterocycles. The quantitative estimate of drug-likeness (QED) is 0.0730. The predicted octanol–water partition coefficient (Wildman–Crippen LogP) is 7.12. The number of nitro groups is 1. The fourth-order valence-electron chi connectivity index (χ4n) is 6.60. The molecule has 1 fully saturated rings. The second-order valence-electron chi connectivity index (χ2n) is 13.8. The Morgan fingerprint density at radius 1 is 0.849 bits per heavy atom. The van der Waals surface area contributed by atoms with Crippen molar-refractivity contribution in [2.45, 2.75) is 44.2 Å². The highest BCUT2D eigenvalue weighted by Gasteiger charge is 2.44. The van der Waals surface area contributed by atoms with Crippen LogP contribution in [0.2, 0.25) is 0 Å². The number of imidazole rings is 1. The van der Waals surface area contributed by atoms with Gasteiger partial charge in [-0.05, 0) is 75.7 Å². The first-order valence-corrected chi connectivity index (χ1v) is 18.5. The summed E-state index contributed by atoms with van der Waals surface area (Å²) in [6.45, 7) is 3.71. The van der Waals surface area contributed by atoms with E-state index in [0.29, 0.717) is 18.7 Å². The molecule has 0 radical (unpaired) electrons. The summed E-state index contributed by atoms with van der Waals surface area (Å²) in [4.78, 5) is 30.7. The molecule has 0 atom stereocenters. The first-order chi connectivity index (χ1) is 25.4. The average Bonchev–Trinajstić information content (AvgIpc) is 3.63. The molecule has 1 aliphatic heterocycles. The van der Waals surface area contributed by atoms with Crippen LogP contribution in [-0.4, -0.2) is 59.3 Å². The fourth-order valence-corrected chi connectivity index (χ4v) is 7.61. The Hall–Kier alpha value is -5.47. The minimum atomic E-state index is -4.34. The summed E-state index contributed by atoms with van der Waals surface area (Å²) in [6.07, 6.45) is 2.74. The third-order valence-electron chi connectivity index (χ3n) is 9.49. The largest absolute Gasteiger partial charge is 0.434 e. The monoisotopic (exact) mass is 734 g/mol. The number of amides is 1. The molecule has 0 spiro atoms. The number of carbonyl (C=O) groups excluding carboxylic acids is 1. The van der Waals surface area contributed by atoms with Gasteiger partial charge in [0.15, 0.2) is 5.79 Å². The molecule has 53 heavy (non-hydrogen) atoms. The van der Waals surface area contributed by atoms with Gasteiger partial charge in [-0.3, -0.25) is 8.98 Å². The molecule has 13 heteroatoms. The maximum absolute atomic E-state index is 14.3. The number of carbonyl (C=O) groups is 1. The van der Waals surface area contributed by atoms with Crippen molar-refractivity contribution in [3.05, 3.63) is 148 Å². The molecule has 0 aliphatic carbocycles. The SMILES string of the molecule is CC1(C)OCC(COS(=O)(=O)c2ccc(C(=O)N(Cc3cccc4ccccc34)Cc3cccc4ccccc34)cc2)(Cn2ccnc2[N+](=O)[O-])CO1. The van der Waals surface area contributed by atoms with Crippen molar-refractivity contribution in [2.75, 3.05) is 19.8 Å². The normalized spacial score (nSPS) is 15.4. The van der Waals surface area contributed by atoms with E-state index in [1.54, 1.807) is 18.7 Å². The van der Waals surface area contributed by atoms with Crippen LogP contribution in [0.15, 0.2) is 126 Å². The Bertz CT molecular complexity index is 2310. The molecule has 6 aromatic rings. The molecule has 7 rings (SSSR count). The summed E-state index contributed by atoms with van der Waals surface area (Å²) in [5.74, 6) is -1.59. The molecular weight excluding hydrogens is 697 g/mol. The second-order valence-corrected chi connectivity index (χ2v) is 15.4. The van der Waals surface area contributed by atoms with Gasteiger partial charge in [0, 0.05) is 18.7 Å². The van der Waals surface area contributed by atoms with Crippen molar-refractivity contribution >= 4 is 43.5 Å². The van der Waals surface area contributed by atoms with Gasteiger partial charge < -0.3 is 24.5 Å². The standard InChI is InChI=1S/C40H38N4O8S/c1-39(2)50-26-40(27-51-39,25-42-22-21-41-38(42)44(46)47)28-52-53(48,49)34-19-17-31(18-20-34)37(45)43(23-32-13-7-11-29-9-3-5-15-35(29)32)24-33-14-8-12-30-10-4-6-16-36(30)33/h3-22H,23-28H2,1-2H3. The lowest BCUT2D eigenvalue weighted by Crippen LogP contribution is -2.51. The molecular formula is C40H38N4O8S. The number of fused-ring (bicyclic) bond motifs is 2. The summed E-state index contributed by atoms with van der Waals surface area (Å²) in [6, 6.07) is 33.8. The Morgan fingerprint density at radius 2 is 1.40 bits per heavy atom. The first kappa shape index (κ1) is 35.9. The highest BCUT2D eigenvalue weighted by molar-refractivity contribution is 7.86. The van der Waals surface area contributed by atoms with E-state index in [1.807, 2.05) is 84.9 Å². The van der Waals surface area contributed by atoms with E-state index in [9.17, 15) is 23.3 Å². The minimum absolute atomic E-state index is 0.0154. The highest BCUT2D eigenvalue weighted by atomic mass is 32.2. The van der Waals surface area contributed by atoms with Crippen molar-refractivity contribution in [3.63, 3.8) is 0 Å². The molecule has 1 aromatic heterocycles. The highest BCUT2D eigenvalue weighted by Crippen LogP contribution is 2.34. The number of hydrogen-bond donors (Lipinski definition) is 0. The minimum Gasteiger partial charge on any atom is -0.390 e. The summed E-state index contributed by atoms with van der Waals surface area (Å²) >= 11 is 0. The van der Waals surface area contributed by atoms with Crippen molar-refractivity contribution in [2.24, 2.45) is 5.41 Å². The van der Waals surface area contributed by atoms with Crippen LogP contribution in [-0.2, 0) is 43.4 Å². The first-order valence-electron chi connectivity index (χ1n) is 17.1. The van der Waals surface area contributed by atoms with Crippen LogP contribution in [0, 0.1) is 15.5 Å². The fraction of sp³-hybridized carbons (Fsp3) is 0.250. The van der Waals surface area contributed by atoms with E-state index in [0.717, 1.165) is 32.7 Å². The number of benzene rings is 5. The van der Waals surface area contributed by atoms with Gasteiger partial charge in [-0.15, -0.1) is 0 Å². The van der Waals surface area contributed by atoms with Gasteiger partial charge in [-0.2, -0.15) is 8.42 Å². The zero-order chi connectivity index (χ0) is 37.2. The molecule has 0 N–H and O–H groups in total. The number of ether oxygens (including phenoxy) is 2. The molecule has 1 saturated heterocycles. The topological polar surface area (TPSA) is 143 Å². The average molecular weight is 735 g/mol. The summed E-state index contributed by atoms with van der Waals surface area (Å²) < 4.78 is 45.7. The summed E-state index contributed by atoms with van der Waals surface area (Å²) in [5.41, 5.74) is 1.19. The molecule has 12 nitrogen and oxygen atoms in total. The molecule has 5 aromatic carbocycles. The Morgan fingerprint density at radius 3 is 1.96 bits per heavy atom. The third kappa shape index (κ3) is 7.83. The lowest BCUT2D eigenvalue weighted by Gasteiger charge is -2.42. The van der Waals surface area contributed by atoms with E-state index >= 15 is 0 Å². The van der Waals surface area contributed by atoms with Crippen LogP contribution in [0.5, 0.6) is 0 Å². The summed E-state index contributed by atoms with van der Waals surface area (Å²) in [5, 5.41) is 15.8. The van der Waals surface area contributed by atoms with E-state index in [1.165, 1.54) is 41.2 Å². The van der Waals surface area contributed by atoms with E-state index < -0.39 is 32.2 Å². The molecule has 0 bridgehead atoms. The molecule has 1 amide bonds. The maximum Gasteiger partial charge on any atom is 0.434 e. The van der Waals surface area contributed by atoms with Crippen LogP contribution in [0.25, 0.3) is 21.5 Å². The number of nitrogens with zero attached hydrogens (tertiary/aromatic N) is 4. The lowest BCUT2D eigenvalue weighted by molar-refractivity contribution is -0.397. The Kier molecular flexibility index (Phi) is 9.83. The zero-order valence-electron chi connectivity index (χ0n) is 29.3. The molecule has 0 unspecified atom stereocenters. The van der Waals surface area contributed by atoms with Crippen molar-refractivity contribution in [3.8, 4) is 0 Å². The van der Waals surface area contributed by atoms with E-state index in [-0.39, 0.29) is 37.2 Å². The maximum atomic E-state index is 14.3. The second kappa shape index (κ2) is 14.5. The van der Waals surface area contributed by atoms with Gasteiger partial charge in [0.25, 0.3) is 16.0 Å². The van der Waals surface area contributed by atoms with Gasteiger partial charge in [-0.1, -0.05) is 89.9 Å². The van der Waals surface area contributed by atoms with Crippen LogP contribution in [0.4, 0.5) is 5.95 Å². The van der Waals surface area contributed by atoms with Crippen LogP contribution in [0.3, 0.4) is 0 Å². The van der Waals surface area contributed by atoms with Crippen molar-refractivity contribution < 1.29 is 31.8 Å². The van der Waals surface area contributed by atoms with Gasteiger partial charge >= 0.3 is 5.95 Å². The molecule has 272 valence electrons. The van der Waals surface area contributed by atoms with Gasteiger partial charge in [0.05, 0.1) is 36.7 Å². The zero-order valence-corrected chi connectivity index (χ0v) is 30.1. The summed E-state index contributed by atoms with van der Waals surface area (Å²) in [7, 11) is -4.34. The van der Waals surface area contributed by atoms with E-state index in [4.69, 9.17) is 13.7 Å². The molecule has 0 saturated carbocycles. The van der Waals surface area contributed by atoms with Gasteiger partial charge in [0.2, 0.25) is 0 Å². The van der Waals surface area contributed by atoms with Crippen molar-refractivity contribution in [1.82, 2.24) is 14.5 Å². The lowest BCUT2D eigenvalue weighted by atomic mass is 9.89. The third-order valence-corrected chi connectivity index (χ3v) is 10.8. The predicted molar refractivity (Wildman–Crippen MR) is 198 cm³/mol. The van der Waals surface area contributed by atoms with Crippen LogP contribution < -0.4 is 0 Å². The Labute approximate surface area is 306 Å². The van der Waals surface area contributed by atoms with E-state index in [2.05, 4.69) is 4.98 Å². The molecule has 1 aliphatic rings. The van der Waals surface area contributed by atoms with Gasteiger partial charge in [-0.25, -0.2) is 4.57 Å². The van der Waals surface area contributed by atoms with Crippen LogP contribution in [0.1, 0.15) is 35.3 Å². The van der Waals surface area contributed by atoms with Crippen LogP contribution >= 0.6 is 0 Å². The number of hydrogen-bond acceptors (Lipinski definition) is 9. The number of rotatable bonds is 12.